The Morgan fingerprint density at radius 2 is 1.93 bits per heavy atom. The van der Waals surface area contributed by atoms with E-state index in [2.05, 4.69) is 33.0 Å². The van der Waals surface area contributed by atoms with Gasteiger partial charge in [-0.3, -0.25) is 4.90 Å². The van der Waals surface area contributed by atoms with Crippen molar-refractivity contribution in [1.82, 2.24) is 4.90 Å². The highest BCUT2D eigenvalue weighted by Crippen LogP contribution is 2.02. The summed E-state index contributed by atoms with van der Waals surface area (Å²) in [6.07, 6.45) is 0. The van der Waals surface area contributed by atoms with Crippen LogP contribution in [0.2, 0.25) is 0 Å². The lowest BCUT2D eigenvalue weighted by Crippen LogP contribution is -1.99. The van der Waals surface area contributed by atoms with E-state index < -0.39 is 0 Å². The largest absolute Gasteiger partial charge is 0.369 e. The van der Waals surface area contributed by atoms with Gasteiger partial charge in [0.1, 0.15) is 0 Å². The summed E-state index contributed by atoms with van der Waals surface area (Å²) in [4.78, 5) is 2.21. The molecule has 0 unspecified atom stereocenters. The Balaban J connectivity index is 0.000000146. The van der Waals surface area contributed by atoms with E-state index in [9.17, 15) is 0 Å². The summed E-state index contributed by atoms with van der Waals surface area (Å²) in [6.45, 7) is 3.28. The lowest BCUT2D eigenvalue weighted by atomic mass is 10.2. The van der Waals surface area contributed by atoms with Crippen LogP contribution >= 0.6 is 15.9 Å². The average molecular weight is 258 g/mol. The van der Waals surface area contributed by atoms with Gasteiger partial charge in [-0.15, -0.1) is 0 Å². The molecule has 0 radical (unpaired) electrons. The van der Waals surface area contributed by atoms with Gasteiger partial charge >= 0.3 is 0 Å². The Morgan fingerprint density at radius 3 is 2.21 bits per heavy atom. The van der Waals surface area contributed by atoms with Crippen molar-refractivity contribution in [1.29, 1.82) is 0 Å². The topological polar surface area (TPSA) is 12.2 Å². The van der Waals surface area contributed by atoms with Gasteiger partial charge in [0.05, 0.1) is 6.73 Å². The molecule has 2 nitrogen and oxygen atoms in total. The number of methoxy groups -OCH3 is 1. The molecular formula is C11H16BrNO. The second-order valence-electron chi connectivity index (χ2n) is 3.16. The van der Waals surface area contributed by atoms with Crippen LogP contribution in [0.3, 0.4) is 0 Å². The predicted octanol–water partition coefficient (Wildman–Crippen LogP) is 2.49. The molecule has 0 amide bonds. The maximum absolute atomic E-state index is 4.79. The Labute approximate surface area is 94.0 Å². The van der Waals surface area contributed by atoms with Gasteiger partial charge in [-0.05, 0) is 5.56 Å². The van der Waals surface area contributed by atoms with E-state index in [-0.39, 0.29) is 0 Å². The number of hydrogen-bond donors (Lipinski definition) is 0. The van der Waals surface area contributed by atoms with Gasteiger partial charge in [-0.2, -0.15) is 0 Å². The molecular weight excluding hydrogens is 242 g/mol. The molecule has 1 aromatic rings. The zero-order chi connectivity index (χ0) is 10.2. The number of benzene rings is 1. The fourth-order valence-corrected chi connectivity index (χ4v) is 1.32. The molecule has 2 rings (SSSR count). The summed E-state index contributed by atoms with van der Waals surface area (Å²) in [5, 5.41) is 0.952. The first-order chi connectivity index (χ1) is 6.86. The lowest BCUT2D eigenvalue weighted by molar-refractivity contribution is 0.134. The van der Waals surface area contributed by atoms with Crippen LogP contribution in [0, 0.1) is 0 Å². The Hall–Kier alpha value is -0.380. The van der Waals surface area contributed by atoms with Crippen molar-refractivity contribution in [3.63, 3.8) is 0 Å². The van der Waals surface area contributed by atoms with Crippen molar-refractivity contribution in [2.45, 2.75) is 5.33 Å². The molecule has 0 N–H and O–H groups in total. The van der Waals surface area contributed by atoms with E-state index in [1.54, 1.807) is 7.11 Å². The van der Waals surface area contributed by atoms with Crippen LogP contribution in [0.5, 0.6) is 0 Å². The number of nitrogens with zero attached hydrogens (tertiary/aromatic N) is 1. The van der Waals surface area contributed by atoms with Crippen LogP contribution in [-0.4, -0.2) is 31.8 Å². The molecule has 0 atom stereocenters. The third-order valence-corrected chi connectivity index (χ3v) is 2.50. The molecule has 78 valence electrons. The van der Waals surface area contributed by atoms with Crippen molar-refractivity contribution in [3.05, 3.63) is 35.9 Å². The molecule has 1 saturated heterocycles. The number of halogens is 1. The maximum Gasteiger partial charge on any atom is 0.0987 e. The number of rotatable bonds is 3. The second kappa shape index (κ2) is 6.98. The molecule has 0 bridgehead atoms. The molecule has 1 aliphatic heterocycles. The first kappa shape index (κ1) is 11.7. The summed E-state index contributed by atoms with van der Waals surface area (Å²) in [7, 11) is 1.72. The van der Waals surface area contributed by atoms with Gasteiger partial charge in [0.2, 0.25) is 0 Å². The van der Waals surface area contributed by atoms with Crippen molar-refractivity contribution < 1.29 is 4.74 Å². The van der Waals surface area contributed by atoms with Crippen LogP contribution in [-0.2, 0) is 10.1 Å². The van der Waals surface area contributed by atoms with Gasteiger partial charge in [-0.1, -0.05) is 46.3 Å². The number of ether oxygens (including phenoxy) is 1. The SMILES string of the molecule is BrCc1ccccc1.COCN1CC1. The van der Waals surface area contributed by atoms with E-state index in [4.69, 9.17) is 4.74 Å². The molecule has 1 fully saturated rings. The molecule has 0 aliphatic carbocycles. The predicted molar refractivity (Wildman–Crippen MR) is 62.5 cm³/mol. The summed E-state index contributed by atoms with van der Waals surface area (Å²) >= 11 is 3.36. The molecule has 3 heteroatoms. The summed E-state index contributed by atoms with van der Waals surface area (Å²) < 4.78 is 4.79. The van der Waals surface area contributed by atoms with Crippen LogP contribution in [0.1, 0.15) is 5.56 Å². The molecule has 0 aromatic heterocycles. The van der Waals surface area contributed by atoms with E-state index in [1.165, 1.54) is 18.7 Å². The molecule has 0 saturated carbocycles. The second-order valence-corrected chi connectivity index (χ2v) is 3.72. The monoisotopic (exact) mass is 257 g/mol. The van der Waals surface area contributed by atoms with Crippen molar-refractivity contribution >= 4 is 15.9 Å². The third kappa shape index (κ3) is 5.37. The normalized spacial score (nSPS) is 14.4. The fraction of sp³-hybridized carbons (Fsp3) is 0.455. The lowest BCUT2D eigenvalue weighted by Gasteiger charge is -1.91. The minimum absolute atomic E-state index is 0.819. The van der Waals surface area contributed by atoms with E-state index in [1.807, 2.05) is 18.2 Å². The average Bonchev–Trinajstić information content (AvgIpc) is 3.05. The standard InChI is InChI=1S/C7H7Br.C4H9NO/c8-6-7-4-2-1-3-5-7;1-6-4-5-2-3-5/h1-5H,6H2;2-4H2,1H3. The Bertz CT molecular complexity index is 236. The van der Waals surface area contributed by atoms with E-state index >= 15 is 0 Å². The Kier molecular flexibility index (Phi) is 5.83. The van der Waals surface area contributed by atoms with Crippen LogP contribution in [0.4, 0.5) is 0 Å². The van der Waals surface area contributed by atoms with Gasteiger partial charge in [0.15, 0.2) is 0 Å². The number of hydrogen-bond acceptors (Lipinski definition) is 2. The van der Waals surface area contributed by atoms with Gasteiger partial charge in [-0.25, -0.2) is 0 Å². The van der Waals surface area contributed by atoms with E-state index in [0.717, 1.165) is 12.1 Å². The number of alkyl halides is 1. The molecule has 1 aliphatic rings. The minimum atomic E-state index is 0.819. The zero-order valence-corrected chi connectivity index (χ0v) is 10.0. The fourth-order valence-electron chi connectivity index (χ4n) is 0.949. The van der Waals surface area contributed by atoms with Crippen LogP contribution in [0.15, 0.2) is 30.3 Å². The summed E-state index contributed by atoms with van der Waals surface area (Å²) in [5.74, 6) is 0. The first-order valence-electron chi connectivity index (χ1n) is 4.68. The summed E-state index contributed by atoms with van der Waals surface area (Å²) in [6, 6.07) is 10.3. The van der Waals surface area contributed by atoms with Crippen molar-refractivity contribution in [2.75, 3.05) is 26.9 Å². The van der Waals surface area contributed by atoms with Crippen LogP contribution < -0.4 is 0 Å². The summed E-state index contributed by atoms with van der Waals surface area (Å²) in [5.41, 5.74) is 1.33. The van der Waals surface area contributed by atoms with Crippen molar-refractivity contribution in [3.8, 4) is 0 Å². The third-order valence-electron chi connectivity index (χ3n) is 1.85. The molecule has 0 spiro atoms. The highest BCUT2D eigenvalue weighted by atomic mass is 79.9. The zero-order valence-electron chi connectivity index (χ0n) is 8.45. The Morgan fingerprint density at radius 1 is 1.29 bits per heavy atom. The van der Waals surface area contributed by atoms with Gasteiger partial charge in [0, 0.05) is 25.5 Å². The molecule has 14 heavy (non-hydrogen) atoms. The van der Waals surface area contributed by atoms with Crippen molar-refractivity contribution in [2.24, 2.45) is 0 Å². The van der Waals surface area contributed by atoms with Crippen LogP contribution in [0.25, 0.3) is 0 Å². The highest BCUT2D eigenvalue weighted by Gasteiger charge is 2.14. The maximum atomic E-state index is 4.79. The first-order valence-corrected chi connectivity index (χ1v) is 5.80. The molecule has 1 aromatic carbocycles. The smallest absolute Gasteiger partial charge is 0.0987 e. The quantitative estimate of drug-likeness (QED) is 0.610. The van der Waals surface area contributed by atoms with Gasteiger partial charge in [0.25, 0.3) is 0 Å². The molecule has 1 heterocycles. The van der Waals surface area contributed by atoms with Gasteiger partial charge < -0.3 is 4.74 Å². The minimum Gasteiger partial charge on any atom is -0.369 e. The highest BCUT2D eigenvalue weighted by molar-refractivity contribution is 9.08. The van der Waals surface area contributed by atoms with E-state index in [0.29, 0.717) is 0 Å².